The Morgan fingerprint density at radius 1 is 1.29 bits per heavy atom. The molecule has 1 N–H and O–H groups in total. The smallest absolute Gasteiger partial charge is 0.416 e. The van der Waals surface area contributed by atoms with Gasteiger partial charge in [-0.05, 0) is 37.5 Å². The molecule has 1 aliphatic heterocycles. The van der Waals surface area contributed by atoms with Gasteiger partial charge in [0.05, 0.1) is 29.9 Å². The zero-order chi connectivity index (χ0) is 26.0. The highest BCUT2D eigenvalue weighted by atomic mass is 19.4. The van der Waals surface area contributed by atoms with Crippen molar-refractivity contribution in [2.24, 2.45) is 12.0 Å². The molecule has 2 atom stereocenters. The Balaban J connectivity index is 2.09. The molecule has 194 valence electrons. The lowest BCUT2D eigenvalue weighted by molar-refractivity contribution is -0.137. The molecule has 0 bridgehead atoms. The van der Waals surface area contributed by atoms with Crippen LogP contribution in [0, 0.1) is 0 Å². The zero-order valence-electron chi connectivity index (χ0n) is 20.9. The Labute approximate surface area is 203 Å². The van der Waals surface area contributed by atoms with Crippen LogP contribution in [0.15, 0.2) is 29.3 Å². The first-order valence-electron chi connectivity index (χ1n) is 11.8. The quantitative estimate of drug-likeness (QED) is 0.622. The topological polar surface area (TPSA) is 78.0 Å². The van der Waals surface area contributed by atoms with Gasteiger partial charge < -0.3 is 14.6 Å². The number of ether oxygens (including phenoxy) is 2. The third-order valence-corrected chi connectivity index (χ3v) is 6.07. The molecule has 1 fully saturated rings. The normalized spacial score (nSPS) is 18.2. The number of hydrogen-bond donors (Lipinski definition) is 1. The molecule has 2 aromatic rings. The van der Waals surface area contributed by atoms with Gasteiger partial charge in [-0.1, -0.05) is 27.7 Å². The van der Waals surface area contributed by atoms with Crippen molar-refractivity contribution in [1.82, 2.24) is 9.36 Å². The van der Waals surface area contributed by atoms with Crippen LogP contribution in [0.4, 0.5) is 13.2 Å². The molecule has 0 aliphatic carbocycles. The predicted molar refractivity (Wildman–Crippen MR) is 124 cm³/mol. The maximum atomic E-state index is 13.4. The number of alkyl halides is 3. The molecule has 10 heteroatoms. The lowest BCUT2D eigenvalue weighted by atomic mass is 9.92. The van der Waals surface area contributed by atoms with Gasteiger partial charge in [0, 0.05) is 30.8 Å². The van der Waals surface area contributed by atoms with E-state index in [-0.39, 0.29) is 29.4 Å². The fourth-order valence-corrected chi connectivity index (χ4v) is 4.03. The third-order valence-electron chi connectivity index (χ3n) is 6.07. The first-order chi connectivity index (χ1) is 16.3. The molecule has 7 nitrogen and oxygen atoms in total. The Morgan fingerprint density at radius 2 is 2.00 bits per heavy atom. The van der Waals surface area contributed by atoms with Crippen LogP contribution in [0.1, 0.15) is 68.6 Å². The average molecular weight is 498 g/mol. The Bertz CT molecular complexity index is 1110. The molecule has 1 aliphatic rings. The molecule has 0 spiro atoms. The number of aliphatic hydroxyl groups is 1. The van der Waals surface area contributed by atoms with Gasteiger partial charge in [-0.25, -0.2) is 0 Å². The van der Waals surface area contributed by atoms with Crippen LogP contribution >= 0.6 is 0 Å². The largest absolute Gasteiger partial charge is 0.490 e. The standard InChI is InChI=1S/C25H34F3N3O4/c1-6-17(32)15-35-20-10-9-16(25(26,27)28)12-19(20)23(33)29-22-13-21(24(2,3)4)30(5)31(22)14-18-8-7-11-34-18/h9-10,12-13,17-18,32H,6-8,11,14-15H2,1-5H3/b29-22+/t17-,18+/m0/s1. The van der Waals surface area contributed by atoms with E-state index >= 15 is 0 Å². The molecule has 35 heavy (non-hydrogen) atoms. The minimum Gasteiger partial charge on any atom is -0.490 e. The fourth-order valence-electron chi connectivity index (χ4n) is 4.03. The van der Waals surface area contributed by atoms with Crippen molar-refractivity contribution in [3.63, 3.8) is 0 Å². The maximum Gasteiger partial charge on any atom is 0.416 e. The van der Waals surface area contributed by atoms with Gasteiger partial charge in [-0.15, -0.1) is 0 Å². The van der Waals surface area contributed by atoms with Crippen molar-refractivity contribution in [2.75, 3.05) is 13.2 Å². The second-order valence-corrected chi connectivity index (χ2v) is 9.88. The summed E-state index contributed by atoms with van der Waals surface area (Å²) < 4.78 is 55.2. The summed E-state index contributed by atoms with van der Waals surface area (Å²) in [5.41, 5.74) is -0.309. The van der Waals surface area contributed by atoms with Crippen LogP contribution < -0.4 is 10.2 Å². The minimum atomic E-state index is -4.64. The summed E-state index contributed by atoms with van der Waals surface area (Å²) in [7, 11) is 1.87. The molecule has 1 aromatic carbocycles. The van der Waals surface area contributed by atoms with Gasteiger partial charge in [0.15, 0.2) is 5.49 Å². The summed E-state index contributed by atoms with van der Waals surface area (Å²) in [4.78, 5) is 17.5. The van der Waals surface area contributed by atoms with E-state index in [0.717, 1.165) is 36.7 Å². The average Bonchev–Trinajstić information content (AvgIpc) is 3.40. The van der Waals surface area contributed by atoms with E-state index in [4.69, 9.17) is 9.47 Å². The van der Waals surface area contributed by atoms with E-state index in [0.29, 0.717) is 25.1 Å². The van der Waals surface area contributed by atoms with Gasteiger partial charge in [0.25, 0.3) is 5.91 Å². The van der Waals surface area contributed by atoms with Crippen molar-refractivity contribution in [3.8, 4) is 5.75 Å². The van der Waals surface area contributed by atoms with Crippen LogP contribution in [-0.4, -0.2) is 45.8 Å². The lowest BCUT2D eigenvalue weighted by Crippen LogP contribution is -2.30. The van der Waals surface area contributed by atoms with Crippen LogP contribution in [0.2, 0.25) is 0 Å². The van der Waals surface area contributed by atoms with Crippen molar-refractivity contribution >= 4 is 5.91 Å². The molecule has 0 saturated carbocycles. The minimum absolute atomic E-state index is 0.0338. The molecular weight excluding hydrogens is 463 g/mol. The highest BCUT2D eigenvalue weighted by Crippen LogP contribution is 2.33. The number of aliphatic hydroxyl groups excluding tert-OH is 1. The monoisotopic (exact) mass is 497 g/mol. The Kier molecular flexibility index (Phi) is 8.16. The summed E-state index contributed by atoms with van der Waals surface area (Å²) in [5.74, 6) is -0.916. The van der Waals surface area contributed by atoms with Crippen LogP contribution in [0.25, 0.3) is 0 Å². The van der Waals surface area contributed by atoms with Crippen LogP contribution in [-0.2, 0) is 29.9 Å². The Hall–Kier alpha value is -2.59. The van der Waals surface area contributed by atoms with Crippen molar-refractivity contribution in [1.29, 1.82) is 0 Å². The van der Waals surface area contributed by atoms with Crippen LogP contribution in [0.5, 0.6) is 5.75 Å². The summed E-state index contributed by atoms with van der Waals surface area (Å²) in [6, 6.07) is 4.47. The summed E-state index contributed by atoms with van der Waals surface area (Å²) in [6.07, 6.45) is -3.26. The Morgan fingerprint density at radius 3 is 2.57 bits per heavy atom. The second kappa shape index (κ2) is 10.6. The number of benzene rings is 1. The number of aromatic nitrogens is 2. The summed E-state index contributed by atoms with van der Waals surface area (Å²) >= 11 is 0. The van der Waals surface area contributed by atoms with E-state index in [2.05, 4.69) is 4.99 Å². The number of nitrogens with zero attached hydrogens (tertiary/aromatic N) is 3. The number of rotatable bonds is 7. The second-order valence-electron chi connectivity index (χ2n) is 9.88. The fraction of sp³-hybridized carbons (Fsp3) is 0.600. The highest BCUT2D eigenvalue weighted by Gasteiger charge is 2.32. The predicted octanol–water partition coefficient (Wildman–Crippen LogP) is 4.21. The first-order valence-corrected chi connectivity index (χ1v) is 11.8. The molecule has 1 amide bonds. The zero-order valence-corrected chi connectivity index (χ0v) is 20.9. The molecule has 0 radical (unpaired) electrons. The molecule has 3 rings (SSSR count). The molecular formula is C25H34F3N3O4. The highest BCUT2D eigenvalue weighted by molar-refractivity contribution is 5.97. The van der Waals surface area contributed by atoms with Gasteiger partial charge in [0.2, 0.25) is 0 Å². The van der Waals surface area contributed by atoms with Gasteiger partial charge in [-0.2, -0.15) is 18.2 Å². The maximum absolute atomic E-state index is 13.4. The number of hydrogen-bond acceptors (Lipinski definition) is 4. The van der Waals surface area contributed by atoms with Gasteiger partial charge >= 0.3 is 6.18 Å². The van der Waals surface area contributed by atoms with E-state index in [9.17, 15) is 23.1 Å². The van der Waals surface area contributed by atoms with Crippen LogP contribution in [0.3, 0.4) is 0 Å². The molecule has 2 heterocycles. The first kappa shape index (κ1) is 27.0. The number of amides is 1. The SMILES string of the molecule is CC[C@H](O)COc1ccc(C(F)(F)F)cc1C(=O)/N=c1\cc(C(C)(C)C)n(C)n1C[C@H]1CCCO1. The molecule has 1 saturated heterocycles. The molecule has 1 aromatic heterocycles. The van der Waals surface area contributed by atoms with Crippen molar-refractivity contribution in [2.45, 2.75) is 77.3 Å². The number of carbonyl (C=O) groups is 1. The van der Waals surface area contributed by atoms with Crippen molar-refractivity contribution in [3.05, 3.63) is 46.6 Å². The lowest BCUT2D eigenvalue weighted by Gasteiger charge is -2.21. The molecule has 0 unspecified atom stereocenters. The van der Waals surface area contributed by atoms with E-state index in [1.165, 1.54) is 0 Å². The van der Waals surface area contributed by atoms with E-state index in [1.54, 1.807) is 13.0 Å². The summed E-state index contributed by atoms with van der Waals surface area (Å²) in [5, 5.41) is 9.82. The van der Waals surface area contributed by atoms with Crippen molar-refractivity contribution < 1.29 is 32.5 Å². The van der Waals surface area contributed by atoms with E-state index < -0.39 is 23.8 Å². The van der Waals surface area contributed by atoms with E-state index in [1.807, 2.05) is 37.2 Å². The number of halogens is 3. The van der Waals surface area contributed by atoms with Gasteiger partial charge in [-0.3, -0.25) is 14.2 Å². The van der Waals surface area contributed by atoms with Gasteiger partial charge in [0.1, 0.15) is 12.4 Å². The third kappa shape index (κ3) is 6.55. The number of carbonyl (C=O) groups excluding carboxylic acids is 1. The summed E-state index contributed by atoms with van der Waals surface area (Å²) in [6.45, 7) is 8.82.